The van der Waals surface area contributed by atoms with Crippen LogP contribution in [-0.2, 0) is 6.42 Å². The van der Waals surface area contributed by atoms with Crippen molar-refractivity contribution in [1.29, 1.82) is 0 Å². The molecule has 1 unspecified atom stereocenters. The molecule has 1 N–H and O–H groups in total. The minimum Gasteiger partial charge on any atom is -0.353 e. The van der Waals surface area contributed by atoms with Crippen molar-refractivity contribution < 1.29 is 0 Å². The summed E-state index contributed by atoms with van der Waals surface area (Å²) in [4.78, 5) is 0. The van der Waals surface area contributed by atoms with Gasteiger partial charge in [0.1, 0.15) is 5.01 Å². The van der Waals surface area contributed by atoms with Crippen molar-refractivity contribution in [2.75, 3.05) is 5.32 Å². The number of benzene rings is 1. The molecule has 0 amide bonds. The van der Waals surface area contributed by atoms with Gasteiger partial charge in [0, 0.05) is 0 Å². The van der Waals surface area contributed by atoms with E-state index in [1.54, 1.807) is 11.3 Å². The molecule has 0 saturated heterocycles. The van der Waals surface area contributed by atoms with Gasteiger partial charge in [-0.3, -0.25) is 0 Å². The van der Waals surface area contributed by atoms with Crippen molar-refractivity contribution in [1.82, 2.24) is 10.2 Å². The first-order valence-electron chi connectivity index (χ1n) is 6.38. The third-order valence-electron chi connectivity index (χ3n) is 2.95. The third-order valence-corrected chi connectivity index (χ3v) is 3.95. The van der Waals surface area contributed by atoms with Crippen LogP contribution in [0.25, 0.3) is 0 Å². The zero-order chi connectivity index (χ0) is 13.0. The fourth-order valence-electron chi connectivity index (χ4n) is 1.82. The lowest BCUT2D eigenvalue weighted by atomic mass is 10.0. The number of aromatic nitrogens is 2. The maximum absolute atomic E-state index is 4.18. The molecule has 0 saturated carbocycles. The van der Waals surface area contributed by atoms with Crippen molar-refractivity contribution in [3.63, 3.8) is 0 Å². The Kier molecular flexibility index (Phi) is 4.31. The van der Waals surface area contributed by atoms with Gasteiger partial charge in [-0.2, -0.15) is 0 Å². The summed E-state index contributed by atoms with van der Waals surface area (Å²) in [6.45, 7) is 6.39. The summed E-state index contributed by atoms with van der Waals surface area (Å²) in [5.41, 5.74) is 2.59. The van der Waals surface area contributed by atoms with Crippen molar-refractivity contribution in [3.05, 3.63) is 40.4 Å². The van der Waals surface area contributed by atoms with Crippen molar-refractivity contribution >= 4 is 16.5 Å². The van der Waals surface area contributed by atoms with Gasteiger partial charge in [-0.25, -0.2) is 0 Å². The second-order valence-electron chi connectivity index (χ2n) is 4.37. The molecular formula is C14H19N3S. The quantitative estimate of drug-likeness (QED) is 0.885. The molecule has 18 heavy (non-hydrogen) atoms. The van der Waals surface area contributed by atoms with E-state index in [0.29, 0.717) is 6.04 Å². The molecule has 1 heterocycles. The van der Waals surface area contributed by atoms with Crippen LogP contribution in [0.1, 0.15) is 42.4 Å². The Morgan fingerprint density at radius 3 is 2.44 bits per heavy atom. The lowest BCUT2D eigenvalue weighted by Gasteiger charge is -2.16. The van der Waals surface area contributed by atoms with E-state index in [9.17, 15) is 0 Å². The Morgan fingerprint density at radius 2 is 1.89 bits per heavy atom. The molecule has 2 aromatic rings. The van der Waals surface area contributed by atoms with Gasteiger partial charge in [-0.1, -0.05) is 55.0 Å². The molecule has 4 heteroatoms. The predicted molar refractivity (Wildman–Crippen MR) is 77.1 cm³/mol. The Balaban J connectivity index is 2.11. The molecule has 1 aromatic carbocycles. The van der Waals surface area contributed by atoms with Crippen molar-refractivity contribution in [2.24, 2.45) is 0 Å². The van der Waals surface area contributed by atoms with Crippen LogP contribution in [0.4, 0.5) is 5.13 Å². The third kappa shape index (κ3) is 3.07. The summed E-state index contributed by atoms with van der Waals surface area (Å²) < 4.78 is 0. The largest absolute Gasteiger partial charge is 0.353 e. The molecule has 0 aliphatic heterocycles. The zero-order valence-corrected chi connectivity index (χ0v) is 11.9. The molecule has 1 aromatic heterocycles. The molecule has 2 rings (SSSR count). The van der Waals surface area contributed by atoms with Crippen LogP contribution >= 0.6 is 11.3 Å². The van der Waals surface area contributed by atoms with Crippen LogP contribution < -0.4 is 5.32 Å². The first-order valence-corrected chi connectivity index (χ1v) is 7.20. The summed E-state index contributed by atoms with van der Waals surface area (Å²) in [6.07, 6.45) is 1.98. The van der Waals surface area contributed by atoms with Crippen molar-refractivity contribution in [2.45, 2.75) is 39.7 Å². The van der Waals surface area contributed by atoms with Crippen LogP contribution in [0.2, 0.25) is 0 Å². The smallest absolute Gasteiger partial charge is 0.206 e. The SMILES string of the molecule is CCc1nnc(NC(CC)c2ccc(C)cc2)s1. The number of nitrogens with zero attached hydrogens (tertiary/aromatic N) is 2. The fourth-order valence-corrected chi connectivity index (χ4v) is 2.56. The van der Waals surface area contributed by atoms with Gasteiger partial charge < -0.3 is 5.32 Å². The number of hydrogen-bond donors (Lipinski definition) is 1. The number of hydrogen-bond acceptors (Lipinski definition) is 4. The summed E-state index contributed by atoms with van der Waals surface area (Å²) in [7, 11) is 0. The highest BCUT2D eigenvalue weighted by Gasteiger charge is 2.11. The topological polar surface area (TPSA) is 37.8 Å². The normalized spacial score (nSPS) is 12.4. The minimum absolute atomic E-state index is 0.309. The number of nitrogens with one attached hydrogen (secondary N) is 1. The van der Waals surface area contributed by atoms with Crippen LogP contribution in [0.3, 0.4) is 0 Å². The molecule has 96 valence electrons. The van der Waals surface area contributed by atoms with E-state index in [-0.39, 0.29) is 0 Å². The first kappa shape index (κ1) is 13.0. The van der Waals surface area contributed by atoms with E-state index >= 15 is 0 Å². The van der Waals surface area contributed by atoms with Crippen LogP contribution in [0.15, 0.2) is 24.3 Å². The van der Waals surface area contributed by atoms with Gasteiger partial charge in [0.2, 0.25) is 5.13 Å². The molecule has 0 radical (unpaired) electrons. The van der Waals surface area contributed by atoms with Crippen molar-refractivity contribution in [3.8, 4) is 0 Å². The number of aryl methyl sites for hydroxylation is 2. The molecule has 1 atom stereocenters. The Bertz CT molecular complexity index is 490. The lowest BCUT2D eigenvalue weighted by Crippen LogP contribution is -2.09. The summed E-state index contributed by atoms with van der Waals surface area (Å²) in [5.74, 6) is 0. The van der Waals surface area contributed by atoms with Gasteiger partial charge in [0.25, 0.3) is 0 Å². The van der Waals surface area contributed by atoms with E-state index < -0.39 is 0 Å². The van der Waals surface area contributed by atoms with E-state index in [1.807, 2.05) is 0 Å². The second kappa shape index (κ2) is 5.96. The van der Waals surface area contributed by atoms with Gasteiger partial charge in [-0.05, 0) is 25.3 Å². The molecule has 0 aliphatic carbocycles. The van der Waals surface area contributed by atoms with Gasteiger partial charge in [0.05, 0.1) is 6.04 Å². The molecular weight excluding hydrogens is 242 g/mol. The average molecular weight is 261 g/mol. The van der Waals surface area contributed by atoms with E-state index in [0.717, 1.165) is 23.0 Å². The zero-order valence-electron chi connectivity index (χ0n) is 11.1. The highest BCUT2D eigenvalue weighted by atomic mass is 32.1. The van der Waals surface area contributed by atoms with E-state index in [1.165, 1.54) is 11.1 Å². The van der Waals surface area contributed by atoms with E-state index in [2.05, 4.69) is 60.6 Å². The molecule has 0 fully saturated rings. The number of anilines is 1. The average Bonchev–Trinajstić information content (AvgIpc) is 2.85. The standard InChI is InChI=1S/C14H19N3S/c1-4-12(11-8-6-10(3)7-9-11)15-14-17-16-13(5-2)18-14/h6-9,12H,4-5H2,1-3H3,(H,15,17). The maximum Gasteiger partial charge on any atom is 0.206 e. The predicted octanol–water partition coefficient (Wildman–Crippen LogP) is 3.97. The molecule has 0 bridgehead atoms. The Morgan fingerprint density at radius 1 is 1.17 bits per heavy atom. The fraction of sp³-hybridized carbons (Fsp3) is 0.429. The minimum atomic E-state index is 0.309. The highest BCUT2D eigenvalue weighted by molar-refractivity contribution is 7.15. The van der Waals surface area contributed by atoms with E-state index in [4.69, 9.17) is 0 Å². The molecule has 0 aliphatic rings. The lowest BCUT2D eigenvalue weighted by molar-refractivity contribution is 0.745. The second-order valence-corrected chi connectivity index (χ2v) is 5.43. The molecule has 3 nitrogen and oxygen atoms in total. The monoisotopic (exact) mass is 261 g/mol. The van der Waals surface area contributed by atoms with Gasteiger partial charge >= 0.3 is 0 Å². The highest BCUT2D eigenvalue weighted by Crippen LogP contribution is 2.25. The molecule has 0 spiro atoms. The van der Waals surface area contributed by atoms with Gasteiger partial charge in [-0.15, -0.1) is 10.2 Å². The Labute approximate surface area is 112 Å². The van der Waals surface area contributed by atoms with Crippen LogP contribution in [-0.4, -0.2) is 10.2 Å². The summed E-state index contributed by atoms with van der Waals surface area (Å²) in [6, 6.07) is 8.97. The Hall–Kier alpha value is -1.42. The maximum atomic E-state index is 4.18. The summed E-state index contributed by atoms with van der Waals surface area (Å²) >= 11 is 1.64. The van der Waals surface area contributed by atoms with Crippen LogP contribution in [0, 0.1) is 6.92 Å². The number of rotatable bonds is 5. The first-order chi connectivity index (χ1) is 8.72. The summed E-state index contributed by atoms with van der Waals surface area (Å²) in [5, 5.41) is 13.8. The van der Waals surface area contributed by atoms with Gasteiger partial charge in [0.15, 0.2) is 0 Å². The van der Waals surface area contributed by atoms with Crippen LogP contribution in [0.5, 0.6) is 0 Å².